The summed E-state index contributed by atoms with van der Waals surface area (Å²) in [5, 5.41) is -0.0581. The quantitative estimate of drug-likeness (QED) is 0.126. The Morgan fingerprint density at radius 1 is 0.623 bits per heavy atom. The number of hydrogen-bond acceptors (Lipinski definition) is 2. The minimum atomic E-state index is -0.477. The number of allylic oxidation sites excluding steroid dienone is 1. The normalized spacial score (nSPS) is 26.1. The van der Waals surface area contributed by atoms with Gasteiger partial charge in [0.05, 0.1) is 22.1 Å². The van der Waals surface area contributed by atoms with Crippen LogP contribution >= 0.6 is 31.1 Å². The van der Waals surface area contributed by atoms with Gasteiger partial charge in [-0.15, -0.1) is 23.2 Å². The molecule has 296 valence electrons. The van der Waals surface area contributed by atoms with Crippen LogP contribution in [-0.2, 0) is 19.5 Å². The van der Waals surface area contributed by atoms with Crippen LogP contribution in [0.2, 0.25) is 0 Å². The van der Waals surface area contributed by atoms with Gasteiger partial charge in [-0.2, -0.15) is 0 Å². The molecule has 2 aromatic rings. The molecule has 1 saturated heterocycles. The third-order valence-corrected chi connectivity index (χ3v) is 18.6. The van der Waals surface area contributed by atoms with E-state index in [2.05, 4.69) is 89.5 Å². The summed E-state index contributed by atoms with van der Waals surface area (Å²) in [6.45, 7) is 18.7. The Bertz CT molecular complexity index is 1420. The minimum absolute atomic E-state index is 0. The van der Waals surface area contributed by atoms with Crippen molar-refractivity contribution < 1.29 is 19.5 Å². The molecule has 3 saturated carbocycles. The Morgan fingerprint density at radius 3 is 1.40 bits per heavy atom. The molecule has 0 bridgehead atoms. The SMILES string of the molecule is CCCCC1C(CCCC)N(c2c(C)cc(C)cc2C)C(=C2C(Cl)CCCC2(Cl)P(C2CCCCC2)C2CCCCC2)N1c1c(C)cc(C)cc1C.[Ru]. The van der Waals surface area contributed by atoms with E-state index < -0.39 is 7.92 Å². The van der Waals surface area contributed by atoms with Gasteiger partial charge in [0.15, 0.2) is 0 Å². The maximum atomic E-state index is 8.80. The van der Waals surface area contributed by atoms with Crippen molar-refractivity contribution in [2.24, 2.45) is 0 Å². The van der Waals surface area contributed by atoms with E-state index in [4.69, 9.17) is 23.2 Å². The van der Waals surface area contributed by atoms with Crippen molar-refractivity contribution in [3.8, 4) is 0 Å². The third kappa shape index (κ3) is 8.95. The number of anilines is 2. The largest absolute Gasteiger partial charge is 0.322 e. The van der Waals surface area contributed by atoms with Crippen LogP contribution < -0.4 is 9.80 Å². The molecule has 0 radical (unpaired) electrons. The van der Waals surface area contributed by atoms with Gasteiger partial charge in [0, 0.05) is 36.4 Å². The smallest absolute Gasteiger partial charge is 0.116 e. The van der Waals surface area contributed by atoms with Crippen molar-refractivity contribution in [2.75, 3.05) is 9.80 Å². The first kappa shape index (κ1) is 43.5. The number of halogens is 2. The van der Waals surface area contributed by atoms with E-state index in [-0.39, 0.29) is 29.5 Å². The average molecular weight is 867 g/mol. The fraction of sp³-hybridized carbons (Fsp3) is 0.702. The zero-order valence-corrected chi connectivity index (χ0v) is 38.7. The van der Waals surface area contributed by atoms with Crippen LogP contribution in [0.15, 0.2) is 35.7 Å². The second-order valence-corrected chi connectivity index (χ2v) is 22.0. The molecule has 4 fully saturated rings. The molecule has 0 amide bonds. The number of hydrogen-bond donors (Lipinski definition) is 0. The van der Waals surface area contributed by atoms with Crippen molar-refractivity contribution >= 4 is 42.5 Å². The summed E-state index contributed by atoms with van der Waals surface area (Å²) in [7, 11) is -0.477. The van der Waals surface area contributed by atoms with Crippen LogP contribution in [0.25, 0.3) is 0 Å². The van der Waals surface area contributed by atoms with E-state index in [0.29, 0.717) is 12.1 Å². The van der Waals surface area contributed by atoms with Gasteiger partial charge in [0.1, 0.15) is 5.82 Å². The van der Waals surface area contributed by atoms with E-state index in [0.717, 1.165) is 30.6 Å². The van der Waals surface area contributed by atoms with Crippen molar-refractivity contribution in [2.45, 2.75) is 211 Å². The monoisotopic (exact) mass is 866 g/mol. The minimum Gasteiger partial charge on any atom is -0.322 e. The van der Waals surface area contributed by atoms with E-state index in [1.165, 1.54) is 159 Å². The average Bonchev–Trinajstić information content (AvgIpc) is 3.38. The van der Waals surface area contributed by atoms with Crippen LogP contribution in [-0.4, -0.2) is 33.4 Å². The number of alkyl halides is 2. The van der Waals surface area contributed by atoms with Gasteiger partial charge in [-0.25, -0.2) is 0 Å². The number of nitrogens with zero attached hydrogens (tertiary/aromatic N) is 2. The standard InChI is InChI=1S/C47H71Cl2N2P.Ru/c1-9-11-25-41-42(26-12-10-2)51(45-36(7)30-33(4)31-37(45)8)46(50(41)44-34(5)28-32(3)29-35(44)6)43-40(48)24-19-27-47(43,49)52(38-20-15-13-16-21-38)39-22-17-14-18-23-39;/h28-31,38-42H,9-27H2,1-8H3;. The molecule has 4 unspecified atom stereocenters. The number of unbranched alkanes of at least 4 members (excludes halogenated alkanes) is 2. The summed E-state index contributed by atoms with van der Waals surface area (Å²) in [5.74, 6) is 1.39. The summed E-state index contributed by atoms with van der Waals surface area (Å²) in [6.07, 6.45) is 24.2. The van der Waals surface area contributed by atoms with Gasteiger partial charge in [0.2, 0.25) is 0 Å². The van der Waals surface area contributed by atoms with E-state index in [9.17, 15) is 0 Å². The van der Waals surface area contributed by atoms with Crippen LogP contribution in [0.1, 0.15) is 169 Å². The molecule has 3 aliphatic carbocycles. The zero-order chi connectivity index (χ0) is 37.2. The van der Waals surface area contributed by atoms with Gasteiger partial charge >= 0.3 is 0 Å². The molecule has 1 aliphatic heterocycles. The van der Waals surface area contributed by atoms with Crippen molar-refractivity contribution in [1.82, 2.24) is 0 Å². The molecule has 4 atom stereocenters. The van der Waals surface area contributed by atoms with Crippen LogP contribution in [0.5, 0.6) is 0 Å². The predicted octanol–water partition coefficient (Wildman–Crippen LogP) is 15.1. The first-order chi connectivity index (χ1) is 25.0. The van der Waals surface area contributed by atoms with E-state index in [1.807, 2.05) is 0 Å². The fourth-order valence-electron chi connectivity index (χ4n) is 11.4. The molecule has 2 aromatic carbocycles. The molecular formula is C47H71Cl2N2PRu. The molecule has 0 N–H and O–H groups in total. The molecular weight excluding hydrogens is 795 g/mol. The van der Waals surface area contributed by atoms with Crippen molar-refractivity contribution in [3.63, 3.8) is 0 Å². The zero-order valence-electron chi connectivity index (χ0n) is 34.6. The predicted molar refractivity (Wildman–Crippen MR) is 233 cm³/mol. The summed E-state index contributed by atoms with van der Waals surface area (Å²) >= 11 is 16.8. The van der Waals surface area contributed by atoms with Gasteiger partial charge < -0.3 is 9.80 Å². The third-order valence-electron chi connectivity index (χ3n) is 13.3. The van der Waals surface area contributed by atoms with Gasteiger partial charge in [-0.05, 0) is 133 Å². The van der Waals surface area contributed by atoms with Crippen LogP contribution in [0.3, 0.4) is 0 Å². The summed E-state index contributed by atoms with van der Waals surface area (Å²) < 4.78 is -0.385. The topological polar surface area (TPSA) is 6.48 Å². The Balaban J connectivity index is 0.00000541. The maximum absolute atomic E-state index is 8.80. The fourth-order valence-corrected chi connectivity index (χ4v) is 17.7. The molecule has 0 aromatic heterocycles. The molecule has 53 heavy (non-hydrogen) atoms. The first-order valence-corrected chi connectivity index (χ1v) is 23.9. The van der Waals surface area contributed by atoms with Crippen molar-refractivity contribution in [3.05, 3.63) is 69.0 Å². The maximum Gasteiger partial charge on any atom is 0.116 e. The summed E-state index contributed by atoms with van der Waals surface area (Å²) in [6, 6.07) is 10.4. The second kappa shape index (κ2) is 19.2. The first-order valence-electron chi connectivity index (χ1n) is 21.6. The molecule has 0 spiro atoms. The molecule has 1 heterocycles. The molecule has 6 heteroatoms. The second-order valence-electron chi connectivity index (χ2n) is 17.5. The van der Waals surface area contributed by atoms with Gasteiger partial charge in [-0.3, -0.25) is 0 Å². The Hall–Kier alpha value is -0.587. The Labute approximate surface area is 349 Å². The number of aryl methyl sites for hydroxylation is 6. The summed E-state index contributed by atoms with van der Waals surface area (Å²) in [5.41, 5.74) is 14.0. The van der Waals surface area contributed by atoms with Gasteiger partial charge in [0.25, 0.3) is 0 Å². The van der Waals surface area contributed by atoms with Crippen molar-refractivity contribution in [1.29, 1.82) is 0 Å². The Kier molecular flexibility index (Phi) is 15.8. The molecule has 2 nitrogen and oxygen atoms in total. The van der Waals surface area contributed by atoms with Crippen LogP contribution in [0.4, 0.5) is 11.4 Å². The number of rotatable bonds is 11. The van der Waals surface area contributed by atoms with E-state index >= 15 is 0 Å². The van der Waals surface area contributed by atoms with Crippen LogP contribution in [0, 0.1) is 41.5 Å². The Morgan fingerprint density at radius 2 is 1.02 bits per heavy atom. The van der Waals surface area contributed by atoms with E-state index in [1.54, 1.807) is 0 Å². The summed E-state index contributed by atoms with van der Waals surface area (Å²) in [4.78, 5) is 5.78. The van der Waals surface area contributed by atoms with Gasteiger partial charge in [-0.1, -0.05) is 121 Å². The molecule has 4 aliphatic rings. The molecule has 6 rings (SSSR count). The number of benzene rings is 2.